The molecule has 8 aromatic carbocycles. The third-order valence-electron chi connectivity index (χ3n) is 9.94. The molecule has 2 heterocycles. The maximum atomic E-state index is 5.27. The van der Waals surface area contributed by atoms with Crippen LogP contribution in [0.1, 0.15) is 0 Å². The summed E-state index contributed by atoms with van der Waals surface area (Å²) in [5.41, 5.74) is 12.4. The Balaban J connectivity index is 1.16. The number of hydrogen-bond donors (Lipinski definition) is 0. The Morgan fingerprint density at radius 3 is 1.37 bits per heavy atom. The van der Waals surface area contributed by atoms with Gasteiger partial charge in [-0.2, -0.15) is 0 Å². The maximum absolute atomic E-state index is 5.27. The zero-order valence-corrected chi connectivity index (χ0v) is 26.7. The lowest BCUT2D eigenvalue weighted by Crippen LogP contribution is -1.96. The lowest BCUT2D eigenvalue weighted by atomic mass is 9.95. The molecule has 0 fully saturated rings. The van der Waals surface area contributed by atoms with Crippen LogP contribution in [0.3, 0.4) is 0 Å². The summed E-state index contributed by atoms with van der Waals surface area (Å²) >= 11 is 0. The van der Waals surface area contributed by atoms with Gasteiger partial charge < -0.3 is 4.57 Å². The van der Waals surface area contributed by atoms with Crippen LogP contribution < -0.4 is 0 Å². The zero-order valence-electron chi connectivity index (χ0n) is 26.7. The van der Waals surface area contributed by atoms with Crippen LogP contribution in [0.15, 0.2) is 182 Å². The highest BCUT2D eigenvalue weighted by molar-refractivity contribution is 6.34. The van der Waals surface area contributed by atoms with Gasteiger partial charge in [0.2, 0.25) is 0 Å². The van der Waals surface area contributed by atoms with Crippen LogP contribution in [0.4, 0.5) is 0 Å². The average Bonchev–Trinajstić information content (AvgIpc) is 3.53. The Kier molecular flexibility index (Phi) is 6.22. The maximum Gasteiger partial charge on any atom is 0.0716 e. The molecule has 0 saturated heterocycles. The minimum Gasteiger partial charge on any atom is -0.309 e. The molecule has 10 aromatic rings. The van der Waals surface area contributed by atoms with E-state index in [0.717, 1.165) is 39.3 Å². The average molecular weight is 623 g/mol. The third kappa shape index (κ3) is 4.46. The summed E-state index contributed by atoms with van der Waals surface area (Å²) in [4.78, 5) is 5.27. The van der Waals surface area contributed by atoms with Crippen molar-refractivity contribution in [2.75, 3.05) is 0 Å². The Morgan fingerprint density at radius 2 is 0.755 bits per heavy atom. The molecule has 0 aliphatic rings. The number of nitrogens with zero attached hydrogens (tertiary/aromatic N) is 2. The third-order valence-corrected chi connectivity index (χ3v) is 9.94. The fraction of sp³-hybridized carbons (Fsp3) is 0. The molecule has 2 heteroatoms. The van der Waals surface area contributed by atoms with Gasteiger partial charge in [-0.3, -0.25) is 0 Å². The van der Waals surface area contributed by atoms with E-state index >= 15 is 0 Å². The van der Waals surface area contributed by atoms with Crippen molar-refractivity contribution in [2.45, 2.75) is 0 Å². The molecule has 0 unspecified atom stereocenters. The topological polar surface area (TPSA) is 17.8 Å². The molecule has 0 atom stereocenters. The fourth-order valence-corrected chi connectivity index (χ4v) is 7.68. The van der Waals surface area contributed by atoms with Gasteiger partial charge in [0.1, 0.15) is 0 Å². The van der Waals surface area contributed by atoms with Crippen molar-refractivity contribution in [1.82, 2.24) is 9.55 Å². The molecule has 0 amide bonds. The van der Waals surface area contributed by atoms with E-state index in [1.165, 1.54) is 54.5 Å². The van der Waals surface area contributed by atoms with Crippen LogP contribution in [0.2, 0.25) is 0 Å². The summed E-state index contributed by atoms with van der Waals surface area (Å²) in [5.74, 6) is 0. The standard InChI is InChI=1S/C47H30N2/c1-3-12-31(13-4-1)32-24-26-33(27-25-32)36-29-42(34-14-5-2-6-15-34)48-43(30-36)35-16-9-17-37(28-35)49-44-22-10-20-40-38-18-7-8-19-39(38)41-21-11-23-45(49)47(41)46(40)44/h1-30H. The van der Waals surface area contributed by atoms with Crippen molar-refractivity contribution in [1.29, 1.82) is 0 Å². The molecular weight excluding hydrogens is 593 g/mol. The number of fused-ring (bicyclic) bond motifs is 3. The Hall–Kier alpha value is -6.51. The van der Waals surface area contributed by atoms with Crippen LogP contribution in [-0.4, -0.2) is 9.55 Å². The fourth-order valence-electron chi connectivity index (χ4n) is 7.68. The first kappa shape index (κ1) is 27.6. The van der Waals surface area contributed by atoms with E-state index in [1.807, 2.05) is 0 Å². The first-order chi connectivity index (χ1) is 24.3. The van der Waals surface area contributed by atoms with E-state index in [-0.39, 0.29) is 0 Å². The van der Waals surface area contributed by atoms with E-state index in [0.29, 0.717) is 0 Å². The zero-order chi connectivity index (χ0) is 32.3. The predicted octanol–water partition coefficient (Wildman–Crippen LogP) is 12.6. The molecule has 0 aliphatic carbocycles. The van der Waals surface area contributed by atoms with E-state index < -0.39 is 0 Å². The van der Waals surface area contributed by atoms with Crippen LogP contribution in [0, 0.1) is 0 Å². The summed E-state index contributed by atoms with van der Waals surface area (Å²) < 4.78 is 2.43. The molecule has 2 aromatic heterocycles. The summed E-state index contributed by atoms with van der Waals surface area (Å²) in [6.07, 6.45) is 0. The van der Waals surface area contributed by atoms with Gasteiger partial charge in [0.15, 0.2) is 0 Å². The summed E-state index contributed by atoms with van der Waals surface area (Å²) in [6, 6.07) is 65.4. The van der Waals surface area contributed by atoms with Gasteiger partial charge in [-0.25, -0.2) is 4.98 Å². The molecule has 0 spiro atoms. The number of benzene rings is 8. The van der Waals surface area contributed by atoms with Crippen LogP contribution in [-0.2, 0) is 0 Å². The van der Waals surface area contributed by atoms with Crippen LogP contribution in [0.5, 0.6) is 0 Å². The van der Waals surface area contributed by atoms with Gasteiger partial charge in [-0.1, -0.05) is 146 Å². The normalized spacial score (nSPS) is 11.7. The van der Waals surface area contributed by atoms with Crippen molar-refractivity contribution in [3.05, 3.63) is 182 Å². The molecule has 49 heavy (non-hydrogen) atoms. The second-order valence-corrected chi connectivity index (χ2v) is 12.8. The van der Waals surface area contributed by atoms with Gasteiger partial charge in [0, 0.05) is 27.6 Å². The van der Waals surface area contributed by atoms with Crippen LogP contribution in [0.25, 0.3) is 93.8 Å². The van der Waals surface area contributed by atoms with Crippen molar-refractivity contribution < 1.29 is 0 Å². The van der Waals surface area contributed by atoms with Gasteiger partial charge >= 0.3 is 0 Å². The Labute approximate surface area is 284 Å². The Morgan fingerprint density at radius 1 is 0.306 bits per heavy atom. The van der Waals surface area contributed by atoms with E-state index in [9.17, 15) is 0 Å². The lowest BCUT2D eigenvalue weighted by molar-refractivity contribution is 1.18. The molecule has 0 bridgehead atoms. The van der Waals surface area contributed by atoms with Gasteiger partial charge in [-0.15, -0.1) is 0 Å². The highest BCUT2D eigenvalue weighted by Crippen LogP contribution is 2.43. The highest BCUT2D eigenvalue weighted by Gasteiger charge is 2.19. The Bertz CT molecular complexity index is 2710. The molecule has 0 aliphatic heterocycles. The number of pyridine rings is 1. The van der Waals surface area contributed by atoms with Crippen molar-refractivity contribution >= 4 is 43.4 Å². The van der Waals surface area contributed by atoms with E-state index in [1.54, 1.807) is 0 Å². The minimum absolute atomic E-state index is 0.948. The number of hydrogen-bond acceptors (Lipinski definition) is 1. The smallest absolute Gasteiger partial charge is 0.0716 e. The van der Waals surface area contributed by atoms with E-state index in [2.05, 4.69) is 187 Å². The summed E-state index contributed by atoms with van der Waals surface area (Å²) in [6.45, 7) is 0. The van der Waals surface area contributed by atoms with E-state index in [4.69, 9.17) is 4.98 Å². The highest BCUT2D eigenvalue weighted by atomic mass is 15.0. The number of aromatic nitrogens is 2. The monoisotopic (exact) mass is 622 g/mol. The van der Waals surface area contributed by atoms with Gasteiger partial charge in [0.25, 0.3) is 0 Å². The SMILES string of the molecule is c1ccc(-c2ccc(-c3cc(-c4ccccc4)nc(-c4cccc(-n5c6cccc7c8ccccc8c8cccc5c8c76)c4)c3)cc2)cc1. The van der Waals surface area contributed by atoms with Gasteiger partial charge in [0.05, 0.1) is 22.4 Å². The number of rotatable bonds is 5. The molecule has 2 nitrogen and oxygen atoms in total. The second kappa shape index (κ2) is 11.0. The molecule has 0 radical (unpaired) electrons. The summed E-state index contributed by atoms with van der Waals surface area (Å²) in [5, 5.41) is 7.83. The summed E-state index contributed by atoms with van der Waals surface area (Å²) in [7, 11) is 0. The first-order valence-corrected chi connectivity index (χ1v) is 16.8. The first-order valence-electron chi connectivity index (χ1n) is 16.8. The van der Waals surface area contributed by atoms with Crippen molar-refractivity contribution in [3.8, 4) is 50.5 Å². The minimum atomic E-state index is 0.948. The predicted molar refractivity (Wildman–Crippen MR) is 207 cm³/mol. The molecule has 228 valence electrons. The van der Waals surface area contributed by atoms with Crippen molar-refractivity contribution in [3.63, 3.8) is 0 Å². The molecular formula is C47H30N2. The molecule has 10 rings (SSSR count). The quantitative estimate of drug-likeness (QED) is 0.175. The molecule has 0 saturated carbocycles. The van der Waals surface area contributed by atoms with Gasteiger partial charge in [-0.05, 0) is 80.2 Å². The largest absolute Gasteiger partial charge is 0.309 e. The molecule has 0 N–H and O–H groups in total. The van der Waals surface area contributed by atoms with Crippen molar-refractivity contribution in [2.24, 2.45) is 0 Å². The van der Waals surface area contributed by atoms with Crippen LogP contribution >= 0.6 is 0 Å². The second-order valence-electron chi connectivity index (χ2n) is 12.8. The lowest BCUT2D eigenvalue weighted by Gasteiger charge is -2.13.